The summed E-state index contributed by atoms with van der Waals surface area (Å²) in [7, 11) is 0. The van der Waals surface area contributed by atoms with Crippen LogP contribution >= 0.6 is 11.3 Å². The van der Waals surface area contributed by atoms with Crippen molar-refractivity contribution in [2.24, 2.45) is 10.9 Å². The Morgan fingerprint density at radius 1 is 1.07 bits per heavy atom. The van der Waals surface area contributed by atoms with Crippen molar-refractivity contribution in [1.29, 1.82) is 0 Å². The Labute approximate surface area is 176 Å². The normalized spacial score (nSPS) is 26.3. The van der Waals surface area contributed by atoms with Crippen molar-refractivity contribution in [3.05, 3.63) is 85.4 Å². The Kier molecular flexibility index (Phi) is 4.01. The Bertz CT molecular complexity index is 1340. The average molecular weight is 417 g/mol. The molecule has 1 aromatic heterocycles. The third-order valence-electron chi connectivity index (χ3n) is 6.10. The van der Waals surface area contributed by atoms with Gasteiger partial charge in [-0.1, -0.05) is 59.9 Å². The molecule has 0 spiro atoms. The van der Waals surface area contributed by atoms with Gasteiger partial charge in [-0.25, -0.2) is 0 Å². The molecule has 3 aliphatic rings. The number of hydrogen-bond acceptors (Lipinski definition) is 5. The smallest absolute Gasteiger partial charge is 0.273 e. The summed E-state index contributed by atoms with van der Waals surface area (Å²) >= 11 is 1.29. The van der Waals surface area contributed by atoms with Crippen molar-refractivity contribution in [3.8, 4) is 0 Å². The van der Waals surface area contributed by atoms with Gasteiger partial charge in [-0.2, -0.15) is 0 Å². The van der Waals surface area contributed by atoms with Gasteiger partial charge in [-0.05, 0) is 24.5 Å². The molecule has 4 heterocycles. The summed E-state index contributed by atoms with van der Waals surface area (Å²) in [4.78, 5) is 31.8. The van der Waals surface area contributed by atoms with Gasteiger partial charge in [0.1, 0.15) is 10.8 Å². The molecule has 1 fully saturated rings. The number of aromatic nitrogens is 1. The first-order valence-corrected chi connectivity index (χ1v) is 10.9. The third-order valence-corrected chi connectivity index (χ3v) is 7.17. The van der Waals surface area contributed by atoms with Crippen LogP contribution in [-0.2, 0) is 9.53 Å². The lowest BCUT2D eigenvalue weighted by Crippen LogP contribution is -2.45. The van der Waals surface area contributed by atoms with Crippen LogP contribution in [0.4, 0.5) is 5.69 Å². The second-order valence-electron chi connectivity index (χ2n) is 7.82. The van der Waals surface area contributed by atoms with Gasteiger partial charge in [0.2, 0.25) is 0 Å². The first kappa shape index (κ1) is 17.8. The molecule has 1 amide bonds. The van der Waals surface area contributed by atoms with E-state index in [0.29, 0.717) is 21.5 Å². The van der Waals surface area contributed by atoms with Crippen LogP contribution < -0.4 is 20.2 Å². The van der Waals surface area contributed by atoms with E-state index in [9.17, 15) is 9.59 Å². The second kappa shape index (κ2) is 6.75. The van der Waals surface area contributed by atoms with Crippen LogP contribution in [0.5, 0.6) is 0 Å². The van der Waals surface area contributed by atoms with Gasteiger partial charge in [0.05, 0.1) is 11.6 Å². The molecule has 150 valence electrons. The van der Waals surface area contributed by atoms with Crippen molar-refractivity contribution in [3.63, 3.8) is 0 Å². The standard InChI is InChI=1S/C23H19N3O3S/c27-20-17(14-9-4-5-11-16(14)24-20)19-21(28)26-22-15(10-6-12-29-22)18(25-23(26)30-19)13-7-2-1-3-8-13/h1-5,7-9,11,15,18,22H,6,10,12H2,(H,24,27)/b19-17-. The summed E-state index contributed by atoms with van der Waals surface area (Å²) in [5.41, 5.74) is 2.87. The van der Waals surface area contributed by atoms with E-state index in [1.54, 1.807) is 4.57 Å². The molecule has 3 unspecified atom stereocenters. The van der Waals surface area contributed by atoms with Crippen LogP contribution in [-0.4, -0.2) is 17.1 Å². The van der Waals surface area contributed by atoms with Crippen LogP contribution in [0.3, 0.4) is 0 Å². The molecule has 3 aliphatic heterocycles. The SMILES string of the molecule is O=C1Nc2ccccc2/C1=c1/sc2n(c1=O)C1OCCCC1C(c1ccccc1)N=2. The predicted octanol–water partition coefficient (Wildman–Crippen LogP) is 2.36. The number of hydrogen-bond donors (Lipinski definition) is 1. The summed E-state index contributed by atoms with van der Waals surface area (Å²) in [5, 5.41) is 2.87. The molecule has 7 heteroatoms. The van der Waals surface area contributed by atoms with E-state index < -0.39 is 0 Å². The fourth-order valence-electron chi connectivity index (χ4n) is 4.75. The first-order valence-electron chi connectivity index (χ1n) is 10.1. The van der Waals surface area contributed by atoms with E-state index in [1.165, 1.54) is 11.3 Å². The number of benzene rings is 2. The summed E-state index contributed by atoms with van der Waals surface area (Å²) in [5.74, 6) is -0.142. The Morgan fingerprint density at radius 3 is 2.73 bits per heavy atom. The van der Waals surface area contributed by atoms with Crippen LogP contribution in [0, 0.1) is 5.92 Å². The maximum absolute atomic E-state index is 13.5. The number of para-hydroxylation sites is 1. The van der Waals surface area contributed by atoms with E-state index in [4.69, 9.17) is 9.73 Å². The van der Waals surface area contributed by atoms with Gasteiger partial charge < -0.3 is 10.1 Å². The molecule has 6 rings (SSSR count). The molecule has 1 N–H and O–H groups in total. The summed E-state index contributed by atoms with van der Waals surface area (Å²) in [6.07, 6.45) is 1.55. The summed E-state index contributed by atoms with van der Waals surface area (Å²) < 4.78 is 8.21. The summed E-state index contributed by atoms with van der Waals surface area (Å²) in [6.45, 7) is 0.625. The number of nitrogens with zero attached hydrogens (tertiary/aromatic N) is 2. The van der Waals surface area contributed by atoms with Gasteiger partial charge >= 0.3 is 0 Å². The zero-order valence-electron chi connectivity index (χ0n) is 16.1. The highest BCUT2D eigenvalue weighted by Gasteiger charge is 2.40. The Morgan fingerprint density at radius 2 is 1.87 bits per heavy atom. The highest BCUT2D eigenvalue weighted by Crippen LogP contribution is 2.41. The van der Waals surface area contributed by atoms with Crippen LogP contribution in [0.2, 0.25) is 0 Å². The minimum Gasteiger partial charge on any atom is -0.357 e. The van der Waals surface area contributed by atoms with Crippen molar-refractivity contribution >= 4 is 28.5 Å². The lowest BCUT2D eigenvalue weighted by Gasteiger charge is -2.38. The number of carbonyl (C=O) groups excluding carboxylic acids is 1. The largest absolute Gasteiger partial charge is 0.357 e. The molecule has 3 atom stereocenters. The minimum absolute atomic E-state index is 0.0582. The van der Waals surface area contributed by atoms with Gasteiger partial charge in [-0.15, -0.1) is 0 Å². The number of amides is 1. The number of ether oxygens (including phenoxy) is 1. The maximum atomic E-state index is 13.5. The van der Waals surface area contributed by atoms with E-state index in [1.807, 2.05) is 42.5 Å². The summed E-state index contributed by atoms with van der Waals surface area (Å²) in [6, 6.07) is 17.6. The third kappa shape index (κ3) is 2.55. The maximum Gasteiger partial charge on any atom is 0.273 e. The van der Waals surface area contributed by atoms with E-state index in [-0.39, 0.29) is 29.7 Å². The number of nitrogens with one attached hydrogen (secondary N) is 1. The Balaban J connectivity index is 1.63. The fourth-order valence-corrected chi connectivity index (χ4v) is 5.87. The van der Waals surface area contributed by atoms with E-state index >= 15 is 0 Å². The number of rotatable bonds is 1. The highest BCUT2D eigenvalue weighted by atomic mass is 32.1. The average Bonchev–Trinajstić information content (AvgIpc) is 3.29. The zero-order valence-corrected chi connectivity index (χ0v) is 16.9. The first-order chi connectivity index (χ1) is 14.7. The van der Waals surface area contributed by atoms with Gasteiger partial charge in [-0.3, -0.25) is 19.1 Å². The fraction of sp³-hybridized carbons (Fsp3) is 0.261. The van der Waals surface area contributed by atoms with Crippen molar-refractivity contribution in [2.75, 3.05) is 11.9 Å². The topological polar surface area (TPSA) is 72.7 Å². The van der Waals surface area contributed by atoms with Gasteiger partial charge in [0.25, 0.3) is 11.5 Å². The number of fused-ring (bicyclic) bond motifs is 4. The number of thiazole rings is 1. The van der Waals surface area contributed by atoms with Crippen LogP contribution in [0.1, 0.15) is 36.2 Å². The molecule has 3 aromatic rings. The lowest BCUT2D eigenvalue weighted by atomic mass is 9.86. The lowest BCUT2D eigenvalue weighted by molar-refractivity contribution is -0.110. The van der Waals surface area contributed by atoms with Gasteiger partial charge in [0, 0.05) is 23.8 Å². The van der Waals surface area contributed by atoms with Crippen molar-refractivity contribution in [2.45, 2.75) is 25.1 Å². The monoisotopic (exact) mass is 417 g/mol. The zero-order chi connectivity index (χ0) is 20.2. The molecule has 1 saturated heterocycles. The Hall–Kier alpha value is -3.03. The van der Waals surface area contributed by atoms with Crippen molar-refractivity contribution < 1.29 is 9.53 Å². The molecule has 0 radical (unpaired) electrons. The molecule has 6 nitrogen and oxygen atoms in total. The molecular weight excluding hydrogens is 398 g/mol. The van der Waals surface area contributed by atoms with E-state index in [0.717, 1.165) is 29.7 Å². The quantitative estimate of drug-likeness (QED) is 0.661. The predicted molar refractivity (Wildman–Crippen MR) is 114 cm³/mol. The molecule has 0 saturated carbocycles. The number of carbonyl (C=O) groups is 1. The second-order valence-corrected chi connectivity index (χ2v) is 8.79. The highest BCUT2D eigenvalue weighted by molar-refractivity contribution is 7.07. The molecule has 30 heavy (non-hydrogen) atoms. The molecule has 0 bridgehead atoms. The van der Waals surface area contributed by atoms with Crippen LogP contribution in [0.15, 0.2) is 64.4 Å². The molecule has 2 aromatic carbocycles. The molecule has 0 aliphatic carbocycles. The van der Waals surface area contributed by atoms with Gasteiger partial charge in [0.15, 0.2) is 4.80 Å². The van der Waals surface area contributed by atoms with Crippen molar-refractivity contribution in [1.82, 2.24) is 4.57 Å². The minimum atomic E-state index is -0.353. The van der Waals surface area contributed by atoms with Crippen LogP contribution in [0.25, 0.3) is 5.57 Å². The number of anilines is 1. The molecular formula is C23H19N3O3S. The van der Waals surface area contributed by atoms with E-state index in [2.05, 4.69) is 17.4 Å².